The summed E-state index contributed by atoms with van der Waals surface area (Å²) in [6.07, 6.45) is 2.06. The zero-order valence-corrected chi connectivity index (χ0v) is 9.27. The summed E-state index contributed by atoms with van der Waals surface area (Å²) in [5.41, 5.74) is -0.0895. The van der Waals surface area contributed by atoms with E-state index >= 15 is 0 Å². The van der Waals surface area contributed by atoms with Crippen molar-refractivity contribution in [3.8, 4) is 0 Å². The Balaban J connectivity index is 2.03. The maximum atomic E-state index is 9.13. The number of hydrogen-bond donors (Lipinski definition) is 2. The Bertz CT molecular complexity index is 320. The average Bonchev–Trinajstić information content (AvgIpc) is 2.75. The Morgan fingerprint density at radius 3 is 2.71 bits per heavy atom. The van der Waals surface area contributed by atoms with Crippen molar-refractivity contribution in [2.45, 2.75) is 38.1 Å². The molecule has 0 radical (unpaired) electrons. The molecule has 1 fully saturated rings. The Labute approximate surface area is 87.5 Å². The Hall–Kier alpha value is -0.680. The van der Waals surface area contributed by atoms with Gasteiger partial charge in [-0.15, -0.1) is 0 Å². The van der Waals surface area contributed by atoms with Gasteiger partial charge in [-0.05, 0) is 12.8 Å². The lowest BCUT2D eigenvalue weighted by Gasteiger charge is -2.11. The number of anilines is 1. The van der Waals surface area contributed by atoms with Gasteiger partial charge >= 0.3 is 0 Å². The van der Waals surface area contributed by atoms with Crippen molar-refractivity contribution < 1.29 is 5.11 Å². The molecule has 1 heterocycles. The molecule has 0 aromatic carbocycles. The highest BCUT2D eigenvalue weighted by molar-refractivity contribution is 7.09. The van der Waals surface area contributed by atoms with Crippen molar-refractivity contribution in [2.24, 2.45) is 0 Å². The highest BCUT2D eigenvalue weighted by Gasteiger charge is 2.42. The fourth-order valence-corrected chi connectivity index (χ4v) is 2.05. The molecule has 2 N–H and O–H groups in total. The first-order valence-corrected chi connectivity index (χ1v) is 5.65. The van der Waals surface area contributed by atoms with Gasteiger partial charge in [-0.25, -0.2) is 4.98 Å². The van der Waals surface area contributed by atoms with E-state index in [4.69, 9.17) is 5.11 Å². The molecular formula is C9H15N3OS. The van der Waals surface area contributed by atoms with Crippen molar-refractivity contribution in [3.63, 3.8) is 0 Å². The van der Waals surface area contributed by atoms with E-state index in [1.54, 1.807) is 0 Å². The fourth-order valence-electron chi connectivity index (χ4n) is 1.22. The minimum Gasteiger partial charge on any atom is -0.394 e. The maximum Gasteiger partial charge on any atom is 0.203 e. The Morgan fingerprint density at radius 1 is 1.57 bits per heavy atom. The molecule has 0 aliphatic heterocycles. The van der Waals surface area contributed by atoms with Gasteiger partial charge < -0.3 is 10.4 Å². The molecule has 0 atom stereocenters. The van der Waals surface area contributed by atoms with Crippen LogP contribution in [0.4, 0.5) is 5.13 Å². The summed E-state index contributed by atoms with van der Waals surface area (Å²) in [5, 5.41) is 13.2. The predicted molar refractivity (Wildman–Crippen MR) is 56.7 cm³/mol. The molecule has 1 aliphatic carbocycles. The number of nitrogens with zero attached hydrogens (tertiary/aromatic N) is 2. The van der Waals surface area contributed by atoms with Crippen LogP contribution in [0, 0.1) is 0 Å². The Kier molecular flexibility index (Phi) is 2.45. The van der Waals surface area contributed by atoms with Crippen LogP contribution in [0.15, 0.2) is 0 Å². The summed E-state index contributed by atoms with van der Waals surface area (Å²) in [6.45, 7) is 4.33. The number of hydrogen-bond acceptors (Lipinski definition) is 5. The van der Waals surface area contributed by atoms with E-state index in [1.165, 1.54) is 11.5 Å². The molecule has 1 aromatic heterocycles. The van der Waals surface area contributed by atoms with Gasteiger partial charge in [0.05, 0.1) is 12.1 Å². The van der Waals surface area contributed by atoms with E-state index in [1.807, 2.05) is 0 Å². The summed E-state index contributed by atoms with van der Waals surface area (Å²) >= 11 is 1.38. The molecule has 14 heavy (non-hydrogen) atoms. The van der Waals surface area contributed by atoms with Crippen LogP contribution < -0.4 is 5.32 Å². The molecule has 0 amide bonds. The maximum absolute atomic E-state index is 9.13. The van der Waals surface area contributed by atoms with Crippen LogP contribution in [0.25, 0.3) is 0 Å². The SMILES string of the molecule is CC(C)c1nsc(NC2(CO)CC2)n1. The lowest BCUT2D eigenvalue weighted by atomic mass is 10.2. The molecule has 1 aromatic rings. The molecule has 1 saturated carbocycles. The highest BCUT2D eigenvalue weighted by atomic mass is 32.1. The minimum atomic E-state index is -0.0895. The molecule has 0 bridgehead atoms. The minimum absolute atomic E-state index is 0.0895. The highest BCUT2D eigenvalue weighted by Crippen LogP contribution is 2.38. The zero-order chi connectivity index (χ0) is 10.2. The van der Waals surface area contributed by atoms with Gasteiger partial charge in [-0.3, -0.25) is 0 Å². The van der Waals surface area contributed by atoms with E-state index in [-0.39, 0.29) is 12.1 Å². The second-order valence-corrected chi connectivity index (χ2v) is 4.93. The molecule has 0 saturated heterocycles. The van der Waals surface area contributed by atoms with Crippen LogP contribution in [0.1, 0.15) is 38.4 Å². The van der Waals surface area contributed by atoms with E-state index in [0.29, 0.717) is 5.92 Å². The van der Waals surface area contributed by atoms with E-state index in [9.17, 15) is 0 Å². The quantitative estimate of drug-likeness (QED) is 0.797. The van der Waals surface area contributed by atoms with Crippen LogP contribution in [0.3, 0.4) is 0 Å². The second kappa shape index (κ2) is 3.47. The molecule has 5 heteroatoms. The van der Waals surface area contributed by atoms with E-state index in [2.05, 4.69) is 28.5 Å². The van der Waals surface area contributed by atoms with Gasteiger partial charge in [-0.2, -0.15) is 4.37 Å². The molecule has 78 valence electrons. The first-order valence-electron chi connectivity index (χ1n) is 4.88. The van der Waals surface area contributed by atoms with Crippen LogP contribution in [0.5, 0.6) is 0 Å². The number of aromatic nitrogens is 2. The lowest BCUT2D eigenvalue weighted by molar-refractivity contribution is 0.266. The summed E-state index contributed by atoms with van der Waals surface area (Å²) in [4.78, 5) is 4.37. The van der Waals surface area contributed by atoms with Crippen molar-refractivity contribution in [1.82, 2.24) is 9.36 Å². The lowest BCUT2D eigenvalue weighted by Crippen LogP contribution is -2.25. The normalized spacial score (nSPS) is 18.6. The first kappa shape index (κ1) is 9.86. The van der Waals surface area contributed by atoms with Gasteiger partial charge in [0.1, 0.15) is 5.82 Å². The van der Waals surface area contributed by atoms with Crippen molar-refractivity contribution >= 4 is 16.7 Å². The standard InChI is InChI=1S/C9H15N3OS/c1-6(2)7-10-8(14-12-7)11-9(5-13)3-4-9/h6,13H,3-5H2,1-2H3,(H,10,11,12). The summed E-state index contributed by atoms with van der Waals surface area (Å²) in [7, 11) is 0. The van der Waals surface area contributed by atoms with Crippen LogP contribution in [0.2, 0.25) is 0 Å². The third-order valence-corrected chi connectivity index (χ3v) is 3.13. The van der Waals surface area contributed by atoms with Gasteiger partial charge in [0.15, 0.2) is 0 Å². The average molecular weight is 213 g/mol. The summed E-state index contributed by atoms with van der Waals surface area (Å²) < 4.78 is 4.25. The van der Waals surface area contributed by atoms with Gasteiger partial charge in [0.2, 0.25) is 5.13 Å². The monoisotopic (exact) mass is 213 g/mol. The third kappa shape index (κ3) is 1.88. The Morgan fingerprint density at radius 2 is 2.29 bits per heavy atom. The van der Waals surface area contributed by atoms with Crippen molar-refractivity contribution in [2.75, 3.05) is 11.9 Å². The molecular weight excluding hydrogens is 198 g/mol. The largest absolute Gasteiger partial charge is 0.394 e. The van der Waals surface area contributed by atoms with Crippen LogP contribution in [-0.2, 0) is 0 Å². The smallest absolute Gasteiger partial charge is 0.203 e. The number of rotatable bonds is 4. The van der Waals surface area contributed by atoms with E-state index in [0.717, 1.165) is 23.8 Å². The van der Waals surface area contributed by atoms with Crippen molar-refractivity contribution in [3.05, 3.63) is 5.82 Å². The molecule has 4 nitrogen and oxygen atoms in total. The van der Waals surface area contributed by atoms with Crippen LogP contribution in [-0.4, -0.2) is 26.6 Å². The predicted octanol–water partition coefficient (Wildman–Crippen LogP) is 1.60. The summed E-state index contributed by atoms with van der Waals surface area (Å²) in [6, 6.07) is 0. The number of aliphatic hydroxyl groups excluding tert-OH is 1. The molecule has 1 aliphatic rings. The van der Waals surface area contributed by atoms with E-state index < -0.39 is 0 Å². The second-order valence-electron chi connectivity index (χ2n) is 4.18. The number of nitrogens with one attached hydrogen (secondary N) is 1. The molecule has 2 rings (SSSR count). The van der Waals surface area contributed by atoms with Crippen LogP contribution >= 0.6 is 11.5 Å². The van der Waals surface area contributed by atoms with Gasteiger partial charge in [0, 0.05) is 17.5 Å². The topological polar surface area (TPSA) is 58.0 Å². The van der Waals surface area contributed by atoms with Crippen molar-refractivity contribution in [1.29, 1.82) is 0 Å². The van der Waals surface area contributed by atoms with Gasteiger partial charge in [-0.1, -0.05) is 13.8 Å². The van der Waals surface area contributed by atoms with Gasteiger partial charge in [0.25, 0.3) is 0 Å². The molecule has 0 unspecified atom stereocenters. The fraction of sp³-hybridized carbons (Fsp3) is 0.778. The third-order valence-electron chi connectivity index (χ3n) is 2.49. The molecule has 0 spiro atoms. The summed E-state index contributed by atoms with van der Waals surface area (Å²) in [5.74, 6) is 1.25. The number of aliphatic hydroxyl groups is 1. The zero-order valence-electron chi connectivity index (χ0n) is 8.45. The first-order chi connectivity index (χ1) is 6.65.